The minimum absolute atomic E-state index is 0.180. The lowest BCUT2D eigenvalue weighted by Gasteiger charge is -2.51. The molecule has 5 nitrogen and oxygen atoms in total. The molecule has 1 fully saturated rings. The van der Waals surface area contributed by atoms with Gasteiger partial charge in [-0.05, 0) is 45.4 Å². The molecule has 3 heterocycles. The van der Waals surface area contributed by atoms with Crippen molar-refractivity contribution in [3.8, 4) is 11.5 Å². The Morgan fingerprint density at radius 1 is 1.13 bits per heavy atom. The molecule has 5 heteroatoms. The highest BCUT2D eigenvalue weighted by atomic mass is 16.5. The van der Waals surface area contributed by atoms with Gasteiger partial charge in [-0.3, -0.25) is 0 Å². The van der Waals surface area contributed by atoms with E-state index >= 15 is 0 Å². The van der Waals surface area contributed by atoms with E-state index in [9.17, 15) is 0 Å². The van der Waals surface area contributed by atoms with Crippen LogP contribution in [0, 0.1) is 13.8 Å². The molecule has 3 aliphatic heterocycles. The van der Waals surface area contributed by atoms with E-state index in [1.54, 1.807) is 7.11 Å². The molecule has 1 spiro atoms. The molecule has 0 saturated carbocycles. The monoisotopic (exact) mass is 419 g/mol. The number of aryl methyl sites for hydroxylation is 2. The Morgan fingerprint density at radius 2 is 1.90 bits per heavy atom. The van der Waals surface area contributed by atoms with E-state index in [0.717, 1.165) is 49.6 Å². The molecule has 0 aromatic heterocycles. The van der Waals surface area contributed by atoms with E-state index in [4.69, 9.17) is 14.6 Å². The Labute approximate surface area is 185 Å². The van der Waals surface area contributed by atoms with Crippen molar-refractivity contribution in [3.05, 3.63) is 58.7 Å². The minimum atomic E-state index is -0.419. The maximum absolute atomic E-state index is 6.83. The molecular weight excluding hydrogens is 386 g/mol. The third-order valence-corrected chi connectivity index (χ3v) is 7.22. The zero-order valence-corrected chi connectivity index (χ0v) is 19.3. The molecule has 0 radical (unpaired) electrons. The number of hydrazone groups is 1. The first-order chi connectivity index (χ1) is 14.9. The fraction of sp³-hybridized carbons (Fsp3) is 0.500. The van der Waals surface area contributed by atoms with Gasteiger partial charge in [-0.25, -0.2) is 5.01 Å². The number of hydrogen-bond acceptors (Lipinski definition) is 5. The maximum Gasteiger partial charge on any atom is 0.200 e. The minimum Gasteiger partial charge on any atom is -0.493 e. The summed E-state index contributed by atoms with van der Waals surface area (Å²) in [4.78, 5) is 2.53. The topological polar surface area (TPSA) is 37.3 Å². The number of para-hydroxylation sites is 1. The Balaban J connectivity index is 1.59. The molecule has 31 heavy (non-hydrogen) atoms. The SMILES string of the molecule is COc1cccc2c1OC1(CCN(C(C)C)CC1)N1N=C(c3cc(C)ccc3C)CC21. The van der Waals surface area contributed by atoms with Crippen LogP contribution in [0.15, 0.2) is 41.5 Å². The van der Waals surface area contributed by atoms with E-state index in [-0.39, 0.29) is 6.04 Å². The molecule has 2 aromatic rings. The summed E-state index contributed by atoms with van der Waals surface area (Å²) in [5.74, 6) is 1.73. The molecule has 3 aliphatic rings. The molecule has 1 unspecified atom stereocenters. The van der Waals surface area contributed by atoms with Crippen molar-refractivity contribution in [1.82, 2.24) is 9.91 Å². The Bertz CT molecular complexity index is 1020. The predicted octanol–water partition coefficient (Wildman–Crippen LogP) is 5.06. The van der Waals surface area contributed by atoms with Crippen LogP contribution in [0.1, 0.15) is 61.4 Å². The number of likely N-dealkylation sites (tertiary alicyclic amines) is 1. The molecule has 1 saturated heterocycles. The van der Waals surface area contributed by atoms with E-state index in [0.29, 0.717) is 6.04 Å². The van der Waals surface area contributed by atoms with E-state index < -0.39 is 5.72 Å². The van der Waals surface area contributed by atoms with Crippen LogP contribution >= 0.6 is 0 Å². The van der Waals surface area contributed by atoms with Gasteiger partial charge in [0.1, 0.15) is 0 Å². The lowest BCUT2D eigenvalue weighted by Crippen LogP contribution is -2.59. The molecule has 5 rings (SSSR count). The highest BCUT2D eigenvalue weighted by Crippen LogP contribution is 2.52. The van der Waals surface area contributed by atoms with Gasteiger partial charge < -0.3 is 14.4 Å². The van der Waals surface area contributed by atoms with Crippen molar-refractivity contribution in [1.29, 1.82) is 0 Å². The van der Waals surface area contributed by atoms with Gasteiger partial charge in [0, 0.05) is 49.5 Å². The Hall–Kier alpha value is -2.53. The fourth-order valence-electron chi connectivity index (χ4n) is 5.36. The van der Waals surface area contributed by atoms with Crippen LogP contribution < -0.4 is 9.47 Å². The van der Waals surface area contributed by atoms with Gasteiger partial charge >= 0.3 is 0 Å². The zero-order valence-electron chi connectivity index (χ0n) is 19.3. The first kappa shape index (κ1) is 20.4. The van der Waals surface area contributed by atoms with Gasteiger partial charge in [0.2, 0.25) is 5.72 Å². The van der Waals surface area contributed by atoms with E-state index in [2.05, 4.69) is 67.9 Å². The fourth-order valence-corrected chi connectivity index (χ4v) is 5.36. The smallest absolute Gasteiger partial charge is 0.200 e. The van der Waals surface area contributed by atoms with E-state index in [1.807, 2.05) is 6.07 Å². The lowest BCUT2D eigenvalue weighted by molar-refractivity contribution is -0.153. The lowest BCUT2D eigenvalue weighted by atomic mass is 9.89. The molecule has 164 valence electrons. The van der Waals surface area contributed by atoms with Gasteiger partial charge in [-0.1, -0.05) is 29.8 Å². The van der Waals surface area contributed by atoms with Gasteiger partial charge in [-0.2, -0.15) is 5.10 Å². The number of benzene rings is 2. The first-order valence-corrected chi connectivity index (χ1v) is 11.5. The number of methoxy groups -OCH3 is 1. The maximum atomic E-state index is 6.83. The second-order valence-electron chi connectivity index (χ2n) is 9.49. The number of ether oxygens (including phenoxy) is 2. The number of fused-ring (bicyclic) bond motifs is 4. The van der Waals surface area contributed by atoms with Crippen LogP contribution in [0.3, 0.4) is 0 Å². The predicted molar refractivity (Wildman–Crippen MR) is 124 cm³/mol. The summed E-state index contributed by atoms with van der Waals surface area (Å²) in [5, 5.41) is 7.54. The van der Waals surface area contributed by atoms with Crippen molar-refractivity contribution in [2.24, 2.45) is 5.10 Å². The number of hydrogen-bond donors (Lipinski definition) is 0. The van der Waals surface area contributed by atoms with Crippen LogP contribution in [-0.2, 0) is 0 Å². The molecule has 0 N–H and O–H groups in total. The van der Waals surface area contributed by atoms with Crippen molar-refractivity contribution in [2.45, 2.75) is 64.8 Å². The highest BCUT2D eigenvalue weighted by molar-refractivity contribution is 6.03. The molecule has 1 atom stereocenters. The summed E-state index contributed by atoms with van der Waals surface area (Å²) in [6.07, 6.45) is 2.76. The largest absolute Gasteiger partial charge is 0.493 e. The van der Waals surface area contributed by atoms with Crippen molar-refractivity contribution >= 4 is 5.71 Å². The third kappa shape index (κ3) is 3.30. The second-order valence-corrected chi connectivity index (χ2v) is 9.49. The summed E-state index contributed by atoms with van der Waals surface area (Å²) >= 11 is 0. The molecule has 0 bridgehead atoms. The highest BCUT2D eigenvalue weighted by Gasteiger charge is 2.52. The Kier molecular flexibility index (Phi) is 4.97. The van der Waals surface area contributed by atoms with Crippen LogP contribution in [0.5, 0.6) is 11.5 Å². The first-order valence-electron chi connectivity index (χ1n) is 11.5. The Morgan fingerprint density at radius 3 is 2.61 bits per heavy atom. The van der Waals surface area contributed by atoms with Gasteiger partial charge in [0.25, 0.3) is 0 Å². The van der Waals surface area contributed by atoms with Crippen LogP contribution in [0.25, 0.3) is 0 Å². The van der Waals surface area contributed by atoms with Crippen LogP contribution in [0.4, 0.5) is 0 Å². The summed E-state index contributed by atoms with van der Waals surface area (Å²) in [7, 11) is 1.73. The summed E-state index contributed by atoms with van der Waals surface area (Å²) in [6.45, 7) is 10.9. The van der Waals surface area contributed by atoms with Crippen molar-refractivity contribution in [2.75, 3.05) is 20.2 Å². The van der Waals surface area contributed by atoms with Crippen molar-refractivity contribution in [3.63, 3.8) is 0 Å². The number of nitrogens with zero attached hydrogens (tertiary/aromatic N) is 3. The summed E-state index contributed by atoms with van der Waals surface area (Å²) in [5.41, 5.74) is 5.73. The normalized spacial score (nSPS) is 22.2. The molecule has 2 aromatic carbocycles. The third-order valence-electron chi connectivity index (χ3n) is 7.22. The molecular formula is C26H33N3O2. The quantitative estimate of drug-likeness (QED) is 0.697. The molecule has 0 amide bonds. The average molecular weight is 420 g/mol. The summed E-state index contributed by atoms with van der Waals surface area (Å²) in [6, 6.07) is 13.6. The standard InChI is InChI=1S/C26H33N3O2/c1-17(2)28-13-11-26(12-14-28)29-23(20-7-6-8-24(30-5)25(20)31-26)16-22(27-29)21-15-18(3)9-10-19(21)4/h6-10,15,17,23H,11-14,16H2,1-5H3. The number of piperidine rings is 1. The molecule has 0 aliphatic carbocycles. The van der Waals surface area contributed by atoms with Gasteiger partial charge in [0.15, 0.2) is 11.5 Å². The van der Waals surface area contributed by atoms with Crippen LogP contribution in [0.2, 0.25) is 0 Å². The summed E-state index contributed by atoms with van der Waals surface area (Å²) < 4.78 is 12.5. The van der Waals surface area contributed by atoms with Gasteiger partial charge in [-0.15, -0.1) is 0 Å². The number of rotatable bonds is 3. The van der Waals surface area contributed by atoms with E-state index in [1.165, 1.54) is 22.3 Å². The van der Waals surface area contributed by atoms with Crippen LogP contribution in [-0.4, -0.2) is 47.6 Å². The van der Waals surface area contributed by atoms with Gasteiger partial charge in [0.05, 0.1) is 18.9 Å². The van der Waals surface area contributed by atoms with Crippen molar-refractivity contribution < 1.29 is 9.47 Å². The zero-order chi connectivity index (χ0) is 21.8. The average Bonchev–Trinajstić information content (AvgIpc) is 3.22. The second kappa shape index (κ2) is 7.56.